The molecule has 0 N–H and O–H groups in total. The number of hydrogen-bond acceptors (Lipinski definition) is 7. The van der Waals surface area contributed by atoms with Gasteiger partial charge in [0.05, 0.1) is 24.0 Å². The van der Waals surface area contributed by atoms with Gasteiger partial charge in [-0.05, 0) is 35.5 Å². The summed E-state index contributed by atoms with van der Waals surface area (Å²) < 4.78 is 59.9. The third kappa shape index (κ3) is 4.38. The Balaban J connectivity index is 1.31. The van der Waals surface area contributed by atoms with Gasteiger partial charge in [-0.15, -0.1) is 0 Å². The van der Waals surface area contributed by atoms with Crippen LogP contribution < -0.4 is 9.47 Å². The fourth-order valence-electron chi connectivity index (χ4n) is 3.15. The van der Waals surface area contributed by atoms with Crippen molar-refractivity contribution < 1.29 is 31.9 Å². The first-order chi connectivity index (χ1) is 14.5. The Labute approximate surface area is 169 Å². The lowest BCUT2D eigenvalue weighted by molar-refractivity contribution is 0.0453. The van der Waals surface area contributed by atoms with Crippen molar-refractivity contribution in [3.8, 4) is 23.2 Å². The summed E-state index contributed by atoms with van der Waals surface area (Å²) in [5, 5.41) is 3.74. The van der Waals surface area contributed by atoms with Crippen LogP contribution in [0.2, 0.25) is 0 Å². The van der Waals surface area contributed by atoms with E-state index in [-0.39, 0.29) is 24.7 Å². The van der Waals surface area contributed by atoms with Gasteiger partial charge in [0, 0.05) is 7.11 Å². The maximum atomic E-state index is 13.8. The van der Waals surface area contributed by atoms with E-state index in [4.69, 9.17) is 18.7 Å². The second-order valence-corrected chi connectivity index (χ2v) is 6.81. The molecule has 0 aliphatic heterocycles. The van der Waals surface area contributed by atoms with Crippen molar-refractivity contribution in [1.82, 2.24) is 15.1 Å². The van der Waals surface area contributed by atoms with Crippen molar-refractivity contribution in [2.24, 2.45) is 0 Å². The summed E-state index contributed by atoms with van der Waals surface area (Å²) in [6, 6.07) is 5.43. The molecule has 0 spiro atoms. The molecular weight excluding hydrogens is 403 g/mol. The number of nitrogens with zero attached hydrogens (tertiary/aromatic N) is 3. The van der Waals surface area contributed by atoms with E-state index in [1.165, 1.54) is 25.6 Å². The van der Waals surface area contributed by atoms with E-state index in [2.05, 4.69) is 15.1 Å². The van der Waals surface area contributed by atoms with Crippen LogP contribution in [-0.4, -0.2) is 35.1 Å². The number of ether oxygens (including phenoxy) is 3. The Morgan fingerprint density at radius 3 is 2.63 bits per heavy atom. The van der Waals surface area contributed by atoms with Gasteiger partial charge in [-0.25, -0.2) is 23.1 Å². The molecule has 158 valence electrons. The maximum Gasteiger partial charge on any atom is 0.266 e. The molecule has 2 aromatic heterocycles. The minimum absolute atomic E-state index is 0.0514. The number of aromatic nitrogens is 3. The second-order valence-electron chi connectivity index (χ2n) is 6.81. The van der Waals surface area contributed by atoms with E-state index >= 15 is 0 Å². The molecule has 30 heavy (non-hydrogen) atoms. The first-order valence-electron chi connectivity index (χ1n) is 9.18. The molecule has 0 amide bonds. The molecule has 10 heteroatoms. The van der Waals surface area contributed by atoms with Gasteiger partial charge in [-0.1, -0.05) is 12.1 Å². The van der Waals surface area contributed by atoms with Gasteiger partial charge in [-0.3, -0.25) is 0 Å². The molecule has 0 saturated heterocycles. The van der Waals surface area contributed by atoms with E-state index in [9.17, 15) is 13.2 Å². The number of methoxy groups -OCH3 is 1. The number of halogens is 3. The fraction of sp³-hybridized carbons (Fsp3) is 0.350. The zero-order valence-corrected chi connectivity index (χ0v) is 15.9. The van der Waals surface area contributed by atoms with Crippen molar-refractivity contribution in [3.05, 3.63) is 53.6 Å². The molecule has 0 unspecified atom stereocenters. The van der Waals surface area contributed by atoms with Crippen LogP contribution in [0.4, 0.5) is 13.2 Å². The average Bonchev–Trinajstić information content (AvgIpc) is 3.18. The van der Waals surface area contributed by atoms with Crippen LogP contribution >= 0.6 is 0 Å². The van der Waals surface area contributed by atoms with Crippen LogP contribution in [0.15, 0.2) is 41.2 Å². The van der Waals surface area contributed by atoms with Gasteiger partial charge in [0.1, 0.15) is 17.6 Å². The molecule has 1 aliphatic carbocycles. The maximum absolute atomic E-state index is 13.8. The summed E-state index contributed by atoms with van der Waals surface area (Å²) in [5.74, 6) is 0.183. The predicted octanol–water partition coefficient (Wildman–Crippen LogP) is 4.52. The SMILES string of the molecule is COCOc1cc(-c2cnc(O[C@H]3C[C@H](c4ccc(C(F)F)c(F)c4)C3)cn2)on1. The number of alkyl halides is 2. The standard InChI is InChI=1S/C20H18F3N3O4/c1-27-10-28-18-7-17(30-26-18)16-8-25-19(9-24-16)29-13-4-12(5-13)11-2-3-14(20(22)23)15(21)6-11/h2-3,6-9,12-13,20H,4-5,10H2,1H3/t12-,13-. The second kappa shape index (κ2) is 8.70. The zero-order chi connectivity index (χ0) is 21.1. The molecule has 1 fully saturated rings. The molecule has 1 saturated carbocycles. The summed E-state index contributed by atoms with van der Waals surface area (Å²) >= 11 is 0. The van der Waals surface area contributed by atoms with E-state index in [0.29, 0.717) is 35.7 Å². The Hall–Kier alpha value is -3.14. The highest BCUT2D eigenvalue weighted by atomic mass is 19.3. The van der Waals surface area contributed by atoms with E-state index in [0.717, 1.165) is 6.07 Å². The van der Waals surface area contributed by atoms with Crippen LogP contribution in [0.1, 0.15) is 36.3 Å². The normalized spacial score (nSPS) is 18.3. The van der Waals surface area contributed by atoms with Crippen LogP contribution in [0.25, 0.3) is 11.5 Å². The first-order valence-corrected chi connectivity index (χ1v) is 9.18. The van der Waals surface area contributed by atoms with Crippen molar-refractivity contribution in [1.29, 1.82) is 0 Å². The molecule has 4 rings (SSSR count). The molecule has 3 aromatic rings. The molecule has 7 nitrogen and oxygen atoms in total. The van der Waals surface area contributed by atoms with Crippen LogP contribution in [-0.2, 0) is 4.74 Å². The van der Waals surface area contributed by atoms with Crippen LogP contribution in [0.3, 0.4) is 0 Å². The summed E-state index contributed by atoms with van der Waals surface area (Å²) in [6.45, 7) is 0.0514. The Morgan fingerprint density at radius 1 is 1.13 bits per heavy atom. The highest BCUT2D eigenvalue weighted by Gasteiger charge is 2.33. The van der Waals surface area contributed by atoms with Gasteiger partial charge < -0.3 is 18.7 Å². The minimum Gasteiger partial charge on any atom is -0.473 e. The highest BCUT2D eigenvalue weighted by Crippen LogP contribution is 2.40. The lowest BCUT2D eigenvalue weighted by atomic mass is 9.77. The van der Waals surface area contributed by atoms with Crippen molar-refractivity contribution in [2.75, 3.05) is 13.9 Å². The van der Waals surface area contributed by atoms with E-state index in [1.807, 2.05) is 0 Å². The largest absolute Gasteiger partial charge is 0.473 e. The minimum atomic E-state index is -2.82. The lowest BCUT2D eigenvalue weighted by Gasteiger charge is -2.35. The van der Waals surface area contributed by atoms with E-state index in [1.54, 1.807) is 12.1 Å². The van der Waals surface area contributed by atoms with E-state index < -0.39 is 17.8 Å². The third-order valence-corrected chi connectivity index (χ3v) is 4.81. The zero-order valence-electron chi connectivity index (χ0n) is 15.9. The van der Waals surface area contributed by atoms with Gasteiger partial charge in [0.2, 0.25) is 5.88 Å². The summed E-state index contributed by atoms with van der Waals surface area (Å²) in [5.41, 5.74) is 0.573. The number of benzene rings is 1. The van der Waals surface area contributed by atoms with Crippen molar-refractivity contribution >= 4 is 0 Å². The smallest absolute Gasteiger partial charge is 0.266 e. The van der Waals surface area contributed by atoms with Crippen molar-refractivity contribution in [2.45, 2.75) is 31.3 Å². The first kappa shape index (κ1) is 20.1. The molecule has 2 heterocycles. The summed E-state index contributed by atoms with van der Waals surface area (Å²) in [4.78, 5) is 8.45. The Morgan fingerprint density at radius 2 is 1.97 bits per heavy atom. The Kier molecular flexibility index (Phi) is 5.84. The molecule has 0 atom stereocenters. The quantitative estimate of drug-likeness (QED) is 0.495. The van der Waals surface area contributed by atoms with Gasteiger partial charge in [0.25, 0.3) is 12.3 Å². The molecule has 1 aromatic carbocycles. The Bertz CT molecular complexity index is 991. The monoisotopic (exact) mass is 421 g/mol. The van der Waals surface area contributed by atoms with Gasteiger partial charge in [0.15, 0.2) is 12.6 Å². The molecule has 0 radical (unpaired) electrons. The fourth-order valence-corrected chi connectivity index (χ4v) is 3.15. The average molecular weight is 421 g/mol. The van der Waals surface area contributed by atoms with Gasteiger partial charge in [-0.2, -0.15) is 0 Å². The topological polar surface area (TPSA) is 79.5 Å². The predicted molar refractivity (Wildman–Crippen MR) is 97.8 cm³/mol. The molecule has 0 bridgehead atoms. The summed E-state index contributed by atoms with van der Waals surface area (Å²) in [7, 11) is 1.50. The third-order valence-electron chi connectivity index (χ3n) is 4.81. The van der Waals surface area contributed by atoms with Crippen LogP contribution in [0, 0.1) is 5.82 Å². The highest BCUT2D eigenvalue weighted by molar-refractivity contribution is 5.51. The lowest BCUT2D eigenvalue weighted by Crippen LogP contribution is -2.32. The summed E-state index contributed by atoms with van der Waals surface area (Å²) in [6.07, 6.45) is 1.31. The van der Waals surface area contributed by atoms with Gasteiger partial charge >= 0.3 is 0 Å². The molecule has 1 aliphatic rings. The molecular formula is C20H18F3N3O4. The van der Waals surface area contributed by atoms with Crippen LogP contribution in [0.5, 0.6) is 11.8 Å². The number of rotatable bonds is 8. The number of hydrogen-bond donors (Lipinski definition) is 0. The van der Waals surface area contributed by atoms with Crippen molar-refractivity contribution in [3.63, 3.8) is 0 Å².